The van der Waals surface area contributed by atoms with Gasteiger partial charge in [-0.25, -0.2) is 4.39 Å². The highest BCUT2D eigenvalue weighted by molar-refractivity contribution is 6.04. The SMILES string of the molecule is C=C(NC(=NCc1ccc(C)c(CO)c1C(F)(F)F)C1=C(N)CCN(Cc2ccccc2)C1)c1cc(F)ccc1NCCC. The molecule has 0 atom stereocenters. The van der Waals surface area contributed by atoms with Crippen molar-refractivity contribution in [1.29, 1.82) is 0 Å². The summed E-state index contributed by atoms with van der Waals surface area (Å²) < 4.78 is 57.1. The van der Waals surface area contributed by atoms with Crippen molar-refractivity contribution >= 4 is 17.2 Å². The summed E-state index contributed by atoms with van der Waals surface area (Å²) >= 11 is 0. The third-order valence-electron chi connectivity index (χ3n) is 7.63. The molecule has 6 nitrogen and oxygen atoms in total. The number of aryl methyl sites for hydroxylation is 1. The Bertz CT molecular complexity index is 1530. The monoisotopic (exact) mass is 609 g/mol. The van der Waals surface area contributed by atoms with Crippen molar-refractivity contribution in [3.05, 3.63) is 118 Å². The minimum absolute atomic E-state index is 0.0794. The van der Waals surface area contributed by atoms with E-state index in [-0.39, 0.29) is 23.5 Å². The number of anilines is 1. The first kappa shape index (κ1) is 32.8. The zero-order chi connectivity index (χ0) is 31.9. The lowest BCUT2D eigenvalue weighted by molar-refractivity contribution is -0.139. The van der Waals surface area contributed by atoms with Crippen LogP contribution < -0.4 is 16.4 Å². The van der Waals surface area contributed by atoms with Crippen LogP contribution >= 0.6 is 0 Å². The Balaban J connectivity index is 1.74. The van der Waals surface area contributed by atoms with Gasteiger partial charge in [-0.15, -0.1) is 0 Å². The third-order valence-corrected chi connectivity index (χ3v) is 7.63. The Morgan fingerprint density at radius 3 is 2.55 bits per heavy atom. The Kier molecular flexibility index (Phi) is 10.8. The van der Waals surface area contributed by atoms with Gasteiger partial charge >= 0.3 is 6.18 Å². The zero-order valence-electron chi connectivity index (χ0n) is 25.1. The molecular weight excluding hydrogens is 570 g/mol. The summed E-state index contributed by atoms with van der Waals surface area (Å²) in [7, 11) is 0. The van der Waals surface area contributed by atoms with Gasteiger partial charge in [0.25, 0.3) is 0 Å². The largest absolute Gasteiger partial charge is 0.417 e. The van der Waals surface area contributed by atoms with E-state index >= 15 is 0 Å². The van der Waals surface area contributed by atoms with Crippen molar-refractivity contribution in [3.63, 3.8) is 0 Å². The maximum atomic E-state index is 14.4. The molecule has 0 spiro atoms. The summed E-state index contributed by atoms with van der Waals surface area (Å²) in [6.07, 6.45) is -3.31. The summed E-state index contributed by atoms with van der Waals surface area (Å²) in [6.45, 7) is 8.99. The minimum atomic E-state index is -4.69. The third kappa shape index (κ3) is 8.06. The lowest BCUT2D eigenvalue weighted by Gasteiger charge is -2.31. The van der Waals surface area contributed by atoms with Crippen molar-refractivity contribution in [2.24, 2.45) is 10.7 Å². The van der Waals surface area contributed by atoms with Gasteiger partial charge in [-0.05, 0) is 53.8 Å². The van der Waals surface area contributed by atoms with Crippen molar-refractivity contribution in [2.75, 3.05) is 25.0 Å². The highest BCUT2D eigenvalue weighted by Gasteiger charge is 2.36. The number of aliphatic hydroxyl groups excluding tert-OH is 1. The maximum absolute atomic E-state index is 14.4. The average molecular weight is 610 g/mol. The molecule has 0 fully saturated rings. The number of alkyl halides is 3. The fourth-order valence-electron chi connectivity index (χ4n) is 5.29. The van der Waals surface area contributed by atoms with Gasteiger partial charge in [0.15, 0.2) is 0 Å². The highest BCUT2D eigenvalue weighted by Crippen LogP contribution is 2.37. The average Bonchev–Trinajstić information content (AvgIpc) is 2.99. The van der Waals surface area contributed by atoms with Crippen LogP contribution in [0.25, 0.3) is 5.70 Å². The van der Waals surface area contributed by atoms with Crippen LogP contribution in [-0.4, -0.2) is 35.5 Å². The molecule has 0 bridgehead atoms. The van der Waals surface area contributed by atoms with E-state index in [2.05, 4.69) is 27.1 Å². The molecule has 10 heteroatoms. The number of nitrogens with two attached hydrogens (primary N) is 1. The van der Waals surface area contributed by atoms with E-state index in [1.807, 2.05) is 37.3 Å². The quantitative estimate of drug-likeness (QED) is 0.110. The molecule has 234 valence electrons. The first-order chi connectivity index (χ1) is 21.0. The standard InChI is InChI=1S/C34H39F4N5O/c1-4-15-40-31-13-12-26(35)17-27(31)23(3)42-33(28-20-43(16-14-30(28)39)19-24-8-6-5-7-9-24)41-18-25-11-10-22(2)29(21-44)32(25)34(36,37)38/h5-13,17,40,44H,3-4,14-16,18-21,39H2,1-2H3,(H,41,42). The molecule has 1 aliphatic heterocycles. The van der Waals surface area contributed by atoms with Crippen LogP contribution in [0.4, 0.5) is 23.2 Å². The lowest BCUT2D eigenvalue weighted by Crippen LogP contribution is -2.39. The predicted molar refractivity (Wildman–Crippen MR) is 168 cm³/mol. The predicted octanol–water partition coefficient (Wildman–Crippen LogP) is 6.74. The van der Waals surface area contributed by atoms with Crippen molar-refractivity contribution in [1.82, 2.24) is 10.2 Å². The van der Waals surface area contributed by atoms with Gasteiger partial charge in [0.05, 0.1) is 18.7 Å². The van der Waals surface area contributed by atoms with E-state index in [9.17, 15) is 22.7 Å². The molecule has 0 radical (unpaired) electrons. The number of hydrogen-bond donors (Lipinski definition) is 4. The summed E-state index contributed by atoms with van der Waals surface area (Å²) in [5.41, 5.74) is 9.46. The normalized spacial score (nSPS) is 14.6. The first-order valence-corrected chi connectivity index (χ1v) is 14.6. The van der Waals surface area contributed by atoms with Crippen LogP contribution in [0.3, 0.4) is 0 Å². The molecule has 0 unspecified atom stereocenters. The van der Waals surface area contributed by atoms with Crippen LogP contribution in [0.1, 0.15) is 53.1 Å². The van der Waals surface area contributed by atoms with Crippen LogP contribution in [0.2, 0.25) is 0 Å². The number of rotatable bonds is 11. The van der Waals surface area contributed by atoms with Gasteiger partial charge in [0, 0.05) is 60.8 Å². The molecule has 1 aliphatic rings. The van der Waals surface area contributed by atoms with E-state index in [0.717, 1.165) is 12.0 Å². The number of benzene rings is 3. The van der Waals surface area contributed by atoms with Crippen LogP contribution in [0.5, 0.6) is 0 Å². The molecule has 0 amide bonds. The van der Waals surface area contributed by atoms with Crippen molar-refractivity contribution < 1.29 is 22.7 Å². The Morgan fingerprint density at radius 1 is 1.11 bits per heavy atom. The number of aliphatic hydroxyl groups is 1. The van der Waals surface area contributed by atoms with Crippen LogP contribution in [0.15, 0.2) is 83.5 Å². The summed E-state index contributed by atoms with van der Waals surface area (Å²) in [4.78, 5) is 6.84. The number of nitrogens with zero attached hydrogens (tertiary/aromatic N) is 2. The molecule has 5 N–H and O–H groups in total. The molecule has 0 saturated carbocycles. The molecular formula is C34H39F4N5O. The molecule has 0 saturated heterocycles. The Morgan fingerprint density at radius 2 is 1.86 bits per heavy atom. The van der Waals surface area contributed by atoms with E-state index < -0.39 is 24.2 Å². The molecule has 0 aromatic heterocycles. The number of aliphatic imine (C=N–C) groups is 1. The molecule has 4 rings (SSSR count). The number of nitrogens with one attached hydrogen (secondary N) is 2. The fraction of sp³-hybridized carbons (Fsp3) is 0.324. The molecule has 3 aromatic carbocycles. The van der Waals surface area contributed by atoms with Gasteiger partial charge in [-0.1, -0.05) is 56.0 Å². The van der Waals surface area contributed by atoms with E-state index in [1.54, 1.807) is 12.1 Å². The van der Waals surface area contributed by atoms with Gasteiger partial charge in [0.2, 0.25) is 0 Å². The number of halogens is 4. The van der Waals surface area contributed by atoms with Crippen molar-refractivity contribution in [3.8, 4) is 0 Å². The molecule has 44 heavy (non-hydrogen) atoms. The van der Waals surface area contributed by atoms with E-state index in [4.69, 9.17) is 5.73 Å². The van der Waals surface area contributed by atoms with Gasteiger partial charge in [-0.3, -0.25) is 9.89 Å². The smallest absolute Gasteiger partial charge is 0.402 e. The zero-order valence-corrected chi connectivity index (χ0v) is 25.1. The van der Waals surface area contributed by atoms with Crippen molar-refractivity contribution in [2.45, 2.75) is 52.6 Å². The fourth-order valence-corrected chi connectivity index (χ4v) is 5.29. The minimum Gasteiger partial charge on any atom is -0.402 e. The Hall–Kier alpha value is -4.15. The summed E-state index contributed by atoms with van der Waals surface area (Å²) in [5, 5.41) is 16.2. The second-order valence-corrected chi connectivity index (χ2v) is 10.9. The van der Waals surface area contributed by atoms with Gasteiger partial charge in [-0.2, -0.15) is 13.2 Å². The maximum Gasteiger partial charge on any atom is 0.417 e. The van der Waals surface area contributed by atoms with E-state index in [1.165, 1.54) is 25.1 Å². The van der Waals surface area contributed by atoms with Gasteiger partial charge < -0.3 is 21.5 Å². The molecule has 0 aliphatic carbocycles. The van der Waals surface area contributed by atoms with Gasteiger partial charge in [0.1, 0.15) is 11.7 Å². The Labute approximate surface area is 256 Å². The number of hydrogen-bond acceptors (Lipinski definition) is 5. The molecule has 1 heterocycles. The second kappa shape index (κ2) is 14.5. The second-order valence-electron chi connectivity index (χ2n) is 10.9. The van der Waals surface area contributed by atoms with Crippen LogP contribution in [-0.2, 0) is 25.9 Å². The topological polar surface area (TPSA) is 85.9 Å². The first-order valence-electron chi connectivity index (χ1n) is 14.6. The highest BCUT2D eigenvalue weighted by atomic mass is 19.4. The summed E-state index contributed by atoms with van der Waals surface area (Å²) in [5.74, 6) is -0.199. The summed E-state index contributed by atoms with van der Waals surface area (Å²) in [6, 6.07) is 17.2. The van der Waals surface area contributed by atoms with E-state index in [0.29, 0.717) is 66.4 Å². The molecule has 3 aromatic rings. The number of amidine groups is 1. The van der Waals surface area contributed by atoms with Crippen LogP contribution in [0, 0.1) is 12.7 Å². The lowest BCUT2D eigenvalue weighted by atomic mass is 9.96.